The number of hydrogen-bond donors (Lipinski definition) is 3. The lowest BCUT2D eigenvalue weighted by molar-refractivity contribution is -0.140. The van der Waals surface area contributed by atoms with Crippen LogP contribution in [0.25, 0.3) is 0 Å². The Morgan fingerprint density at radius 3 is 2.65 bits per heavy atom. The molecule has 26 heavy (non-hydrogen) atoms. The van der Waals surface area contributed by atoms with Gasteiger partial charge in [-0.3, -0.25) is 15.6 Å². The van der Waals surface area contributed by atoms with Gasteiger partial charge in [-0.1, -0.05) is 19.1 Å². The van der Waals surface area contributed by atoms with Crippen molar-refractivity contribution < 1.29 is 23.1 Å². The lowest BCUT2D eigenvalue weighted by Crippen LogP contribution is -2.49. The number of rotatable bonds is 3. The summed E-state index contributed by atoms with van der Waals surface area (Å²) >= 11 is 0. The first-order valence-electron chi connectivity index (χ1n) is 8.92. The van der Waals surface area contributed by atoms with Gasteiger partial charge in [0.2, 0.25) is 5.91 Å². The van der Waals surface area contributed by atoms with Crippen molar-refractivity contribution in [2.24, 2.45) is 5.92 Å². The van der Waals surface area contributed by atoms with E-state index in [2.05, 4.69) is 10.9 Å². The average molecular weight is 371 g/mol. The number of amides is 1. The van der Waals surface area contributed by atoms with Crippen LogP contribution in [0.5, 0.6) is 0 Å². The zero-order valence-electron chi connectivity index (χ0n) is 14.6. The number of carbonyl (C=O) groups is 1. The third-order valence-electron chi connectivity index (χ3n) is 5.48. The van der Waals surface area contributed by atoms with Crippen LogP contribution in [-0.4, -0.2) is 41.6 Å². The number of nitrogens with zero attached hydrogens (tertiary/aromatic N) is 1. The third kappa shape index (κ3) is 3.72. The first-order chi connectivity index (χ1) is 12.2. The molecule has 0 aliphatic carbocycles. The molecule has 3 N–H and O–H groups in total. The number of hydrogen-bond acceptors (Lipinski definition) is 4. The van der Waals surface area contributed by atoms with Gasteiger partial charge in [-0.25, -0.2) is 0 Å². The van der Waals surface area contributed by atoms with E-state index >= 15 is 0 Å². The summed E-state index contributed by atoms with van der Waals surface area (Å²) in [5.41, 5.74) is 4.24. The minimum Gasteiger partial charge on any atom is -0.385 e. The molecule has 0 radical (unpaired) electrons. The predicted molar refractivity (Wildman–Crippen MR) is 89.9 cm³/mol. The molecule has 2 fully saturated rings. The second kappa shape index (κ2) is 7.17. The molecule has 0 bridgehead atoms. The van der Waals surface area contributed by atoms with Gasteiger partial charge in [-0.2, -0.15) is 13.2 Å². The van der Waals surface area contributed by atoms with E-state index in [1.807, 2.05) is 6.92 Å². The molecule has 2 heterocycles. The molecule has 2 unspecified atom stereocenters. The van der Waals surface area contributed by atoms with Crippen LogP contribution in [0, 0.1) is 5.92 Å². The Kier molecular flexibility index (Phi) is 5.28. The Hall–Kier alpha value is -1.64. The van der Waals surface area contributed by atoms with E-state index in [9.17, 15) is 23.1 Å². The number of aliphatic hydroxyl groups is 1. The van der Waals surface area contributed by atoms with Gasteiger partial charge in [0.1, 0.15) is 0 Å². The Morgan fingerprint density at radius 1 is 1.35 bits per heavy atom. The zero-order valence-corrected chi connectivity index (χ0v) is 14.6. The standard InChI is InChI=1S/C18H24F3N3O2/c1-2-15-14(11-22-23-15)16(25)24-8-6-17(26,7-9-24)12-4-3-5-13(10-12)18(19,20)21/h3-5,10,14-15,22-23,26H,2,6-9,11H2,1H3. The maximum absolute atomic E-state index is 12.9. The molecule has 2 atom stereocenters. The summed E-state index contributed by atoms with van der Waals surface area (Å²) in [5, 5.41) is 10.9. The monoisotopic (exact) mass is 371 g/mol. The summed E-state index contributed by atoms with van der Waals surface area (Å²) in [6.45, 7) is 3.23. The fraction of sp³-hybridized carbons (Fsp3) is 0.611. The minimum atomic E-state index is -4.44. The van der Waals surface area contributed by atoms with E-state index in [0.717, 1.165) is 18.6 Å². The predicted octanol–water partition coefficient (Wildman–Crippen LogP) is 2.02. The van der Waals surface area contributed by atoms with Gasteiger partial charge in [0, 0.05) is 25.7 Å². The number of halogens is 3. The first-order valence-corrected chi connectivity index (χ1v) is 8.92. The second-order valence-electron chi connectivity index (χ2n) is 7.08. The van der Waals surface area contributed by atoms with Crippen LogP contribution >= 0.6 is 0 Å². The molecule has 1 aromatic rings. The van der Waals surface area contributed by atoms with Gasteiger partial charge in [-0.05, 0) is 37.0 Å². The lowest BCUT2D eigenvalue weighted by atomic mass is 9.83. The minimum absolute atomic E-state index is 0.0282. The van der Waals surface area contributed by atoms with Gasteiger partial charge >= 0.3 is 6.18 Å². The quantitative estimate of drug-likeness (QED) is 0.761. The van der Waals surface area contributed by atoms with Crippen LogP contribution in [0.2, 0.25) is 0 Å². The van der Waals surface area contributed by atoms with Crippen molar-refractivity contribution in [2.45, 2.75) is 44.0 Å². The van der Waals surface area contributed by atoms with Crippen molar-refractivity contribution in [3.63, 3.8) is 0 Å². The van der Waals surface area contributed by atoms with Gasteiger partial charge in [0.05, 0.1) is 17.1 Å². The van der Waals surface area contributed by atoms with Crippen molar-refractivity contribution in [2.75, 3.05) is 19.6 Å². The second-order valence-corrected chi connectivity index (χ2v) is 7.08. The molecular formula is C18H24F3N3O2. The maximum Gasteiger partial charge on any atom is 0.416 e. The van der Waals surface area contributed by atoms with E-state index in [0.29, 0.717) is 19.6 Å². The van der Waals surface area contributed by atoms with Gasteiger partial charge < -0.3 is 10.0 Å². The normalized spacial score (nSPS) is 26.1. The number of alkyl halides is 3. The van der Waals surface area contributed by atoms with E-state index < -0.39 is 17.3 Å². The number of hydrazine groups is 1. The first kappa shape index (κ1) is 19.1. The summed E-state index contributed by atoms with van der Waals surface area (Å²) in [6, 6.07) is 4.91. The molecule has 0 saturated carbocycles. The van der Waals surface area contributed by atoms with Crippen molar-refractivity contribution >= 4 is 5.91 Å². The molecule has 0 aromatic heterocycles. The van der Waals surface area contributed by atoms with Crippen LogP contribution in [0.1, 0.15) is 37.3 Å². The molecule has 1 aromatic carbocycles. The van der Waals surface area contributed by atoms with Crippen molar-refractivity contribution in [1.82, 2.24) is 15.8 Å². The zero-order chi connectivity index (χ0) is 18.9. The molecule has 2 aliphatic heterocycles. The number of piperidine rings is 1. The van der Waals surface area contributed by atoms with Gasteiger partial charge in [0.25, 0.3) is 0 Å². The molecule has 8 heteroatoms. The highest BCUT2D eigenvalue weighted by molar-refractivity contribution is 5.80. The molecule has 5 nitrogen and oxygen atoms in total. The Labute approximate surface area is 150 Å². The summed E-state index contributed by atoms with van der Waals surface area (Å²) in [4.78, 5) is 14.4. The summed E-state index contributed by atoms with van der Waals surface area (Å²) in [6.07, 6.45) is -3.17. The van der Waals surface area contributed by atoms with Crippen molar-refractivity contribution in [3.8, 4) is 0 Å². The highest BCUT2D eigenvalue weighted by Gasteiger charge is 2.40. The summed E-state index contributed by atoms with van der Waals surface area (Å²) < 4.78 is 38.8. The molecular weight excluding hydrogens is 347 g/mol. The molecule has 0 spiro atoms. The maximum atomic E-state index is 12.9. The fourth-order valence-corrected chi connectivity index (χ4v) is 3.79. The SMILES string of the molecule is CCC1NNCC1C(=O)N1CCC(O)(c2cccc(C(F)(F)F)c2)CC1. The Bertz CT molecular complexity index is 657. The molecule has 144 valence electrons. The van der Waals surface area contributed by atoms with Crippen LogP contribution in [0.15, 0.2) is 24.3 Å². The largest absolute Gasteiger partial charge is 0.416 e. The van der Waals surface area contributed by atoms with E-state index in [1.165, 1.54) is 12.1 Å². The number of benzene rings is 1. The van der Waals surface area contributed by atoms with E-state index in [-0.39, 0.29) is 36.3 Å². The van der Waals surface area contributed by atoms with Crippen LogP contribution in [0.4, 0.5) is 13.2 Å². The smallest absolute Gasteiger partial charge is 0.385 e. The molecule has 1 amide bonds. The fourth-order valence-electron chi connectivity index (χ4n) is 3.79. The third-order valence-corrected chi connectivity index (χ3v) is 5.48. The lowest BCUT2D eigenvalue weighted by Gasteiger charge is -2.40. The highest BCUT2D eigenvalue weighted by atomic mass is 19.4. The van der Waals surface area contributed by atoms with Crippen molar-refractivity contribution in [1.29, 1.82) is 0 Å². The van der Waals surface area contributed by atoms with Crippen LogP contribution < -0.4 is 10.9 Å². The van der Waals surface area contributed by atoms with Crippen LogP contribution in [0.3, 0.4) is 0 Å². The molecule has 2 saturated heterocycles. The van der Waals surface area contributed by atoms with Crippen molar-refractivity contribution in [3.05, 3.63) is 35.4 Å². The summed E-state index contributed by atoms with van der Waals surface area (Å²) in [7, 11) is 0. The Morgan fingerprint density at radius 2 is 2.04 bits per heavy atom. The van der Waals surface area contributed by atoms with Crippen LogP contribution in [-0.2, 0) is 16.6 Å². The molecule has 3 rings (SSSR count). The van der Waals surface area contributed by atoms with Gasteiger partial charge in [0.15, 0.2) is 0 Å². The number of carbonyl (C=O) groups excluding carboxylic acids is 1. The number of likely N-dealkylation sites (tertiary alicyclic amines) is 1. The van der Waals surface area contributed by atoms with E-state index in [1.54, 1.807) is 4.90 Å². The van der Waals surface area contributed by atoms with Gasteiger partial charge in [-0.15, -0.1) is 0 Å². The van der Waals surface area contributed by atoms with E-state index in [4.69, 9.17) is 0 Å². The number of nitrogens with one attached hydrogen (secondary N) is 2. The average Bonchev–Trinajstić information content (AvgIpc) is 3.10. The topological polar surface area (TPSA) is 64.6 Å². The molecule has 2 aliphatic rings. The summed E-state index contributed by atoms with van der Waals surface area (Å²) in [5.74, 6) is -0.125. The highest BCUT2D eigenvalue weighted by Crippen LogP contribution is 2.37. The Balaban J connectivity index is 1.68.